The Bertz CT molecular complexity index is 669. The molecule has 1 aliphatic heterocycles. The Labute approximate surface area is 115 Å². The number of carboxylic acids is 1. The summed E-state index contributed by atoms with van der Waals surface area (Å²) in [6, 6.07) is 1.54. The van der Waals surface area contributed by atoms with Crippen LogP contribution in [0, 0.1) is 5.41 Å². The number of aromatic nitrogens is 3. The number of carbonyl (C=O) groups is 1. The van der Waals surface area contributed by atoms with Gasteiger partial charge in [0.2, 0.25) is 0 Å². The van der Waals surface area contributed by atoms with Crippen LogP contribution in [-0.2, 0) is 16.6 Å². The van der Waals surface area contributed by atoms with Crippen LogP contribution >= 0.6 is 0 Å². The number of nitrogens with one attached hydrogen (secondary N) is 1. The molecule has 3 heterocycles. The summed E-state index contributed by atoms with van der Waals surface area (Å²) in [5.41, 5.74) is 0.714. The van der Waals surface area contributed by atoms with E-state index < -0.39 is 11.4 Å². The van der Waals surface area contributed by atoms with Gasteiger partial charge in [0.1, 0.15) is 10.9 Å². The molecule has 20 heavy (non-hydrogen) atoms. The molecule has 0 bridgehead atoms. The van der Waals surface area contributed by atoms with Crippen molar-refractivity contribution in [3.05, 3.63) is 18.6 Å². The van der Waals surface area contributed by atoms with E-state index in [4.69, 9.17) is 4.74 Å². The van der Waals surface area contributed by atoms with Crippen LogP contribution in [0.4, 0.5) is 5.82 Å². The minimum Gasteiger partial charge on any atom is -0.481 e. The number of fused-ring (bicyclic) bond motifs is 1. The monoisotopic (exact) mass is 276 g/mol. The lowest BCUT2D eigenvalue weighted by atomic mass is 9.85. The van der Waals surface area contributed by atoms with Gasteiger partial charge in [0, 0.05) is 13.2 Å². The lowest BCUT2D eigenvalue weighted by Crippen LogP contribution is -2.43. The Kier molecular flexibility index (Phi) is 2.86. The minimum atomic E-state index is -0.960. The molecule has 0 amide bonds. The molecule has 0 aromatic carbocycles. The van der Waals surface area contributed by atoms with Gasteiger partial charge in [-0.05, 0) is 13.0 Å². The van der Waals surface area contributed by atoms with Gasteiger partial charge in [-0.25, -0.2) is 9.97 Å². The summed E-state index contributed by atoms with van der Waals surface area (Å²) in [7, 11) is 1.90. The quantitative estimate of drug-likeness (QED) is 0.864. The van der Waals surface area contributed by atoms with Crippen molar-refractivity contribution in [2.24, 2.45) is 12.5 Å². The molecule has 2 unspecified atom stereocenters. The molecule has 106 valence electrons. The first-order valence-corrected chi connectivity index (χ1v) is 6.36. The fraction of sp³-hybridized carbons (Fsp3) is 0.462. The molecule has 2 aromatic rings. The lowest BCUT2D eigenvalue weighted by Gasteiger charge is -2.25. The van der Waals surface area contributed by atoms with Crippen molar-refractivity contribution in [1.29, 1.82) is 0 Å². The molecule has 2 aromatic heterocycles. The van der Waals surface area contributed by atoms with Crippen molar-refractivity contribution in [1.82, 2.24) is 14.5 Å². The summed E-state index contributed by atoms with van der Waals surface area (Å²) in [5.74, 6) is -0.285. The van der Waals surface area contributed by atoms with Gasteiger partial charge in [-0.15, -0.1) is 0 Å². The SMILES string of the molecule is Cn1cnc2c(NC3COCC3(C)C(=O)O)nccc21. The van der Waals surface area contributed by atoms with E-state index in [-0.39, 0.29) is 12.6 Å². The van der Waals surface area contributed by atoms with E-state index in [1.807, 2.05) is 17.7 Å². The highest BCUT2D eigenvalue weighted by molar-refractivity contribution is 5.86. The topological polar surface area (TPSA) is 89.3 Å². The smallest absolute Gasteiger partial charge is 0.313 e. The summed E-state index contributed by atoms with van der Waals surface area (Å²) < 4.78 is 7.22. The van der Waals surface area contributed by atoms with E-state index >= 15 is 0 Å². The third-order valence-electron chi connectivity index (χ3n) is 3.90. The fourth-order valence-electron chi connectivity index (χ4n) is 2.42. The maximum absolute atomic E-state index is 11.4. The summed E-state index contributed by atoms with van der Waals surface area (Å²) in [4.78, 5) is 20.0. The molecule has 2 N–H and O–H groups in total. The summed E-state index contributed by atoms with van der Waals surface area (Å²) in [6.07, 6.45) is 3.39. The normalized spacial score (nSPS) is 26.0. The highest BCUT2D eigenvalue weighted by atomic mass is 16.5. The number of ether oxygens (including phenoxy) is 1. The van der Waals surface area contributed by atoms with E-state index in [1.54, 1.807) is 19.4 Å². The number of anilines is 1. The van der Waals surface area contributed by atoms with E-state index in [0.29, 0.717) is 12.4 Å². The van der Waals surface area contributed by atoms with Gasteiger partial charge in [-0.2, -0.15) is 0 Å². The molecule has 1 fully saturated rings. The van der Waals surface area contributed by atoms with E-state index in [9.17, 15) is 9.90 Å². The van der Waals surface area contributed by atoms with Gasteiger partial charge in [0.15, 0.2) is 5.82 Å². The Balaban J connectivity index is 1.95. The molecule has 3 rings (SSSR count). The number of pyridine rings is 1. The van der Waals surface area contributed by atoms with Crippen molar-refractivity contribution >= 4 is 22.8 Å². The second kappa shape index (κ2) is 4.45. The number of aliphatic carboxylic acids is 1. The van der Waals surface area contributed by atoms with Crippen LogP contribution in [0.5, 0.6) is 0 Å². The van der Waals surface area contributed by atoms with Crippen LogP contribution in [0.2, 0.25) is 0 Å². The van der Waals surface area contributed by atoms with Crippen LogP contribution in [0.3, 0.4) is 0 Å². The first-order chi connectivity index (χ1) is 9.52. The second-order valence-corrected chi connectivity index (χ2v) is 5.32. The number of hydrogen-bond acceptors (Lipinski definition) is 5. The zero-order chi connectivity index (χ0) is 14.3. The van der Waals surface area contributed by atoms with Crippen molar-refractivity contribution in [3.8, 4) is 0 Å². The molecule has 0 spiro atoms. The molecular formula is C13H16N4O3. The maximum Gasteiger partial charge on any atom is 0.313 e. The zero-order valence-electron chi connectivity index (χ0n) is 11.3. The minimum absolute atomic E-state index is 0.193. The lowest BCUT2D eigenvalue weighted by molar-refractivity contribution is -0.148. The Hall–Kier alpha value is -2.15. The second-order valence-electron chi connectivity index (χ2n) is 5.32. The van der Waals surface area contributed by atoms with Crippen LogP contribution < -0.4 is 5.32 Å². The molecule has 7 heteroatoms. The molecule has 1 saturated heterocycles. The summed E-state index contributed by atoms with van der Waals surface area (Å²) in [5, 5.41) is 12.6. The van der Waals surface area contributed by atoms with Gasteiger partial charge in [-0.3, -0.25) is 4.79 Å². The predicted molar refractivity (Wildman–Crippen MR) is 72.5 cm³/mol. The molecule has 0 aliphatic carbocycles. The van der Waals surface area contributed by atoms with Gasteiger partial charge in [-0.1, -0.05) is 0 Å². The number of hydrogen-bond donors (Lipinski definition) is 2. The molecule has 7 nitrogen and oxygen atoms in total. The average molecular weight is 276 g/mol. The highest BCUT2D eigenvalue weighted by Crippen LogP contribution is 2.32. The standard InChI is InChI=1S/C13H16N4O3/c1-13(12(18)19)6-20-5-9(13)16-11-10-8(3-4-14-11)17(2)7-15-10/h3-4,7,9H,5-6H2,1-2H3,(H,14,16)(H,18,19). The van der Waals surface area contributed by atoms with Crippen LogP contribution in [0.25, 0.3) is 11.0 Å². The average Bonchev–Trinajstić information content (AvgIpc) is 2.97. The third kappa shape index (κ3) is 1.82. The van der Waals surface area contributed by atoms with Crippen molar-refractivity contribution in [3.63, 3.8) is 0 Å². The van der Waals surface area contributed by atoms with E-state index in [0.717, 1.165) is 11.0 Å². The van der Waals surface area contributed by atoms with Crippen LogP contribution in [0.15, 0.2) is 18.6 Å². The van der Waals surface area contributed by atoms with Crippen molar-refractivity contribution in [2.45, 2.75) is 13.0 Å². The highest BCUT2D eigenvalue weighted by Gasteiger charge is 2.47. The van der Waals surface area contributed by atoms with Gasteiger partial charge in [0.05, 0.1) is 31.1 Å². The number of aryl methyl sites for hydroxylation is 1. The largest absolute Gasteiger partial charge is 0.481 e. The number of carboxylic acid groups (broad SMARTS) is 1. The van der Waals surface area contributed by atoms with Crippen LogP contribution in [0.1, 0.15) is 6.92 Å². The van der Waals surface area contributed by atoms with Gasteiger partial charge in [0.25, 0.3) is 0 Å². The fourth-order valence-corrected chi connectivity index (χ4v) is 2.42. The third-order valence-corrected chi connectivity index (χ3v) is 3.90. The van der Waals surface area contributed by atoms with Crippen molar-refractivity contribution in [2.75, 3.05) is 18.5 Å². The first-order valence-electron chi connectivity index (χ1n) is 6.36. The molecule has 0 radical (unpaired) electrons. The molecule has 1 aliphatic rings. The summed E-state index contributed by atoms with van der Waals surface area (Å²) in [6.45, 7) is 2.21. The Morgan fingerprint density at radius 1 is 1.60 bits per heavy atom. The van der Waals surface area contributed by atoms with Crippen molar-refractivity contribution < 1.29 is 14.6 Å². The summed E-state index contributed by atoms with van der Waals surface area (Å²) >= 11 is 0. The number of nitrogens with zero attached hydrogens (tertiary/aromatic N) is 3. The van der Waals surface area contributed by atoms with Crippen LogP contribution in [-0.4, -0.2) is 44.9 Å². The molecular weight excluding hydrogens is 260 g/mol. The first kappa shape index (κ1) is 12.9. The number of rotatable bonds is 3. The maximum atomic E-state index is 11.4. The number of imidazole rings is 1. The zero-order valence-corrected chi connectivity index (χ0v) is 11.3. The molecule has 0 saturated carbocycles. The predicted octanol–water partition coefficient (Wildman–Crippen LogP) is 0.870. The molecule has 2 atom stereocenters. The van der Waals surface area contributed by atoms with E-state index in [2.05, 4.69) is 15.3 Å². The Morgan fingerprint density at radius 2 is 2.40 bits per heavy atom. The Morgan fingerprint density at radius 3 is 3.15 bits per heavy atom. The van der Waals surface area contributed by atoms with Gasteiger partial charge < -0.3 is 19.7 Å². The van der Waals surface area contributed by atoms with E-state index in [1.165, 1.54) is 0 Å². The van der Waals surface area contributed by atoms with Gasteiger partial charge >= 0.3 is 5.97 Å².